The van der Waals surface area contributed by atoms with Crippen molar-refractivity contribution in [3.8, 4) is 0 Å². The molecule has 10 nitrogen and oxygen atoms in total. The van der Waals surface area contributed by atoms with E-state index in [0.29, 0.717) is 0 Å². The largest absolute Gasteiger partial charge is 0.496 e. The van der Waals surface area contributed by atoms with E-state index in [2.05, 4.69) is 0 Å². The zero-order chi connectivity index (χ0) is 18.4. The predicted molar refractivity (Wildman–Crippen MR) is 81.4 cm³/mol. The zero-order valence-electron chi connectivity index (χ0n) is 12.5. The fourth-order valence-corrected chi connectivity index (χ4v) is 2.31. The summed E-state index contributed by atoms with van der Waals surface area (Å²) in [4.78, 5) is 76.8. The highest BCUT2D eigenvalue weighted by Gasteiger charge is 2.29. The lowest BCUT2D eigenvalue weighted by Crippen LogP contribution is -2.36. The van der Waals surface area contributed by atoms with Gasteiger partial charge < -0.3 is 38.2 Å². The Kier molecular flexibility index (Phi) is 7.18. The van der Waals surface area contributed by atoms with Gasteiger partial charge in [0.05, 0.1) is 36.4 Å². The van der Waals surface area contributed by atoms with E-state index < -0.39 is 54.8 Å². The van der Waals surface area contributed by atoms with Crippen molar-refractivity contribution in [1.82, 2.24) is 0 Å². The lowest BCUT2D eigenvalue weighted by atomic mass is 10.1. The van der Waals surface area contributed by atoms with Gasteiger partial charge in [-0.15, -0.1) is 0 Å². The molecule has 0 aliphatic heterocycles. The first-order chi connectivity index (χ1) is 11.0. The van der Waals surface area contributed by atoms with Crippen molar-refractivity contribution in [2.75, 3.05) is 13.2 Å². The highest BCUT2D eigenvalue weighted by molar-refractivity contribution is 6.56. The van der Waals surface area contributed by atoms with Crippen molar-refractivity contribution < 1.29 is 47.8 Å². The van der Waals surface area contributed by atoms with Crippen LogP contribution >= 0.6 is 0 Å². The predicted octanol–water partition coefficient (Wildman–Crippen LogP) is -2.17. The van der Waals surface area contributed by atoms with Gasteiger partial charge in [0.1, 0.15) is 0 Å². The Morgan fingerprint density at radius 1 is 0.750 bits per heavy atom. The van der Waals surface area contributed by atoms with Crippen LogP contribution in [0, 0.1) is 0 Å². The van der Waals surface area contributed by atoms with Gasteiger partial charge in [-0.3, -0.25) is 0 Å². The summed E-state index contributed by atoms with van der Waals surface area (Å²) >= 11 is 0. The van der Waals surface area contributed by atoms with Crippen LogP contribution in [0.4, 0.5) is 0 Å². The normalized spacial score (nSPS) is 11.9. The molecular formula is C12H18O10Si2. The maximum Gasteiger partial charge on any atom is 0.496 e. The number of benzene rings is 1. The van der Waals surface area contributed by atoms with E-state index in [1.807, 2.05) is 0 Å². The average Bonchev–Trinajstić information content (AvgIpc) is 2.44. The smallest absolute Gasteiger partial charge is 0.462 e. The molecule has 0 radical (unpaired) electrons. The molecule has 134 valence electrons. The summed E-state index contributed by atoms with van der Waals surface area (Å²) in [6.07, 6.45) is 0. The van der Waals surface area contributed by atoms with Crippen LogP contribution in [0.5, 0.6) is 0 Å². The minimum absolute atomic E-state index is 0.149. The Hall–Kier alpha value is -1.65. The molecule has 0 aromatic heterocycles. The number of esters is 2. The number of rotatable bonds is 8. The first-order valence-electron chi connectivity index (χ1n) is 6.77. The van der Waals surface area contributed by atoms with Crippen LogP contribution in [-0.4, -0.2) is 71.5 Å². The summed E-state index contributed by atoms with van der Waals surface area (Å²) in [6, 6.07) is 4.46. The number of carbonyl (C=O) groups is 2. The molecule has 1 aromatic carbocycles. The van der Waals surface area contributed by atoms with E-state index in [-0.39, 0.29) is 11.1 Å². The molecule has 0 amide bonds. The molecule has 0 saturated heterocycles. The first kappa shape index (κ1) is 20.4. The number of hydrogen-bond acceptors (Lipinski definition) is 10. The van der Waals surface area contributed by atoms with Crippen molar-refractivity contribution in [2.45, 2.75) is 12.1 Å². The van der Waals surface area contributed by atoms with Gasteiger partial charge in [-0.2, -0.15) is 0 Å². The van der Waals surface area contributed by atoms with Crippen molar-refractivity contribution >= 4 is 29.5 Å². The highest BCUT2D eigenvalue weighted by Crippen LogP contribution is 2.13. The lowest BCUT2D eigenvalue weighted by molar-refractivity contribution is 0.0461. The van der Waals surface area contributed by atoms with Crippen LogP contribution in [0.1, 0.15) is 20.7 Å². The second-order valence-electron chi connectivity index (χ2n) is 4.87. The second kappa shape index (κ2) is 8.45. The van der Waals surface area contributed by atoms with Crippen molar-refractivity contribution in [2.24, 2.45) is 0 Å². The fraction of sp³-hybridized carbons (Fsp3) is 0.333. The molecule has 24 heavy (non-hydrogen) atoms. The molecule has 0 aliphatic rings. The Labute approximate surface area is 138 Å². The van der Waals surface area contributed by atoms with Gasteiger partial charge in [-0.05, 0) is 12.1 Å². The number of hydrogen-bond donors (Lipinski definition) is 6. The SMILES string of the molecule is O=C(OCC[Si](O)(O)O)c1ccccc1C(=O)OCC[Si](O)(O)O. The Bertz CT molecular complexity index is 527. The molecule has 0 bridgehead atoms. The van der Waals surface area contributed by atoms with Crippen LogP contribution in [0.25, 0.3) is 0 Å². The van der Waals surface area contributed by atoms with Gasteiger partial charge in [0.15, 0.2) is 0 Å². The fourth-order valence-electron chi connectivity index (χ4n) is 1.56. The minimum Gasteiger partial charge on any atom is -0.462 e. The molecule has 0 heterocycles. The van der Waals surface area contributed by atoms with Crippen LogP contribution < -0.4 is 0 Å². The lowest BCUT2D eigenvalue weighted by Gasteiger charge is -2.12. The summed E-state index contributed by atoms with van der Waals surface area (Å²) in [5.41, 5.74) is -0.298. The average molecular weight is 378 g/mol. The van der Waals surface area contributed by atoms with Crippen LogP contribution in [0.2, 0.25) is 12.1 Å². The van der Waals surface area contributed by atoms with Crippen LogP contribution in [0.15, 0.2) is 24.3 Å². The molecular weight excluding hydrogens is 360 g/mol. The summed E-state index contributed by atoms with van der Waals surface area (Å²) in [6.45, 7) is -0.906. The third-order valence-corrected chi connectivity index (χ3v) is 4.46. The number of carbonyl (C=O) groups excluding carboxylic acids is 2. The maximum atomic E-state index is 11.9. The van der Waals surface area contributed by atoms with Crippen molar-refractivity contribution in [3.05, 3.63) is 35.4 Å². The molecule has 0 spiro atoms. The molecule has 0 unspecified atom stereocenters. The van der Waals surface area contributed by atoms with Gasteiger partial charge in [0.2, 0.25) is 0 Å². The summed E-state index contributed by atoms with van der Waals surface area (Å²) in [5.74, 6) is -1.87. The van der Waals surface area contributed by atoms with Gasteiger partial charge in [0.25, 0.3) is 0 Å². The molecule has 1 aromatic rings. The van der Waals surface area contributed by atoms with E-state index in [1.165, 1.54) is 24.3 Å². The van der Waals surface area contributed by atoms with E-state index in [4.69, 9.17) is 38.2 Å². The zero-order valence-corrected chi connectivity index (χ0v) is 14.5. The molecule has 0 fully saturated rings. The standard InChI is InChI=1S/C12H18O10Si2/c13-11(21-5-7-23(15,16)17)9-3-1-2-4-10(9)12(14)22-6-8-24(18,19)20/h1-4,15-20H,5-8H2. The van der Waals surface area contributed by atoms with E-state index in [0.717, 1.165) is 0 Å². The first-order valence-corrected chi connectivity index (χ1v) is 10.9. The summed E-state index contributed by atoms with van der Waals surface area (Å²) < 4.78 is 9.50. The van der Waals surface area contributed by atoms with Crippen molar-refractivity contribution in [3.63, 3.8) is 0 Å². The Morgan fingerprint density at radius 3 is 1.38 bits per heavy atom. The van der Waals surface area contributed by atoms with Gasteiger partial charge >= 0.3 is 29.5 Å². The maximum absolute atomic E-state index is 11.9. The number of ether oxygens (including phenoxy) is 2. The third-order valence-electron chi connectivity index (χ3n) is 2.71. The molecule has 1 rings (SSSR count). The van der Waals surface area contributed by atoms with Crippen LogP contribution in [0.3, 0.4) is 0 Å². The molecule has 6 N–H and O–H groups in total. The van der Waals surface area contributed by atoms with Gasteiger partial charge in [0, 0.05) is 0 Å². The second-order valence-corrected chi connectivity index (χ2v) is 8.96. The molecule has 12 heteroatoms. The quantitative estimate of drug-likeness (QED) is 0.216. The molecule has 0 saturated carbocycles. The Morgan fingerprint density at radius 2 is 1.08 bits per heavy atom. The molecule has 0 aliphatic carbocycles. The van der Waals surface area contributed by atoms with E-state index >= 15 is 0 Å². The topological polar surface area (TPSA) is 174 Å². The minimum atomic E-state index is -4.33. The van der Waals surface area contributed by atoms with E-state index in [9.17, 15) is 9.59 Å². The van der Waals surface area contributed by atoms with Gasteiger partial charge in [-0.25, -0.2) is 9.59 Å². The monoisotopic (exact) mass is 378 g/mol. The van der Waals surface area contributed by atoms with Crippen molar-refractivity contribution in [1.29, 1.82) is 0 Å². The summed E-state index contributed by atoms with van der Waals surface area (Å²) in [7, 11) is -8.66. The van der Waals surface area contributed by atoms with Crippen LogP contribution in [-0.2, 0) is 9.47 Å². The molecule has 0 atom stereocenters. The van der Waals surface area contributed by atoms with Gasteiger partial charge in [-0.1, -0.05) is 12.1 Å². The summed E-state index contributed by atoms with van der Waals surface area (Å²) in [5, 5.41) is 0. The Balaban J connectivity index is 2.69. The third kappa shape index (κ3) is 7.76. The highest BCUT2D eigenvalue weighted by atomic mass is 28.4. The van der Waals surface area contributed by atoms with E-state index in [1.54, 1.807) is 0 Å².